The molecule has 0 bridgehead atoms. The normalized spacial score (nSPS) is 19.1. The van der Waals surface area contributed by atoms with Crippen molar-refractivity contribution in [3.05, 3.63) is 34.5 Å². The van der Waals surface area contributed by atoms with Crippen LogP contribution in [0.1, 0.15) is 81.8 Å². The molecule has 2 atom stereocenters. The number of alkyl halides is 1. The molecular formula is C28H39Cl2N3O2. The highest BCUT2D eigenvalue weighted by molar-refractivity contribution is 6.30. The van der Waals surface area contributed by atoms with Gasteiger partial charge in [-0.05, 0) is 74.0 Å². The quantitative estimate of drug-likeness (QED) is 0.253. The van der Waals surface area contributed by atoms with Crippen LogP contribution < -0.4 is 10.1 Å². The highest BCUT2D eigenvalue weighted by atomic mass is 35.5. The number of carbonyl (C=O) groups is 1. The van der Waals surface area contributed by atoms with E-state index in [9.17, 15) is 4.79 Å². The van der Waals surface area contributed by atoms with Gasteiger partial charge < -0.3 is 10.1 Å². The summed E-state index contributed by atoms with van der Waals surface area (Å²) in [6.45, 7) is 8.89. The first-order valence-corrected chi connectivity index (χ1v) is 14.1. The molecule has 1 amide bonds. The van der Waals surface area contributed by atoms with Crippen LogP contribution in [0.4, 0.5) is 0 Å². The molecule has 1 fully saturated rings. The molecule has 2 heterocycles. The van der Waals surface area contributed by atoms with E-state index in [2.05, 4.69) is 26.1 Å². The number of nitrogens with one attached hydrogen (secondary N) is 1. The van der Waals surface area contributed by atoms with E-state index >= 15 is 0 Å². The predicted octanol–water partition coefficient (Wildman–Crippen LogP) is 7.13. The number of carbonyl (C=O) groups excluding carboxylic acids is 1. The van der Waals surface area contributed by atoms with Gasteiger partial charge in [-0.3, -0.25) is 9.48 Å². The second-order valence-corrected chi connectivity index (χ2v) is 11.8. The lowest BCUT2D eigenvalue weighted by molar-refractivity contribution is 0.0590. The predicted molar refractivity (Wildman–Crippen MR) is 144 cm³/mol. The van der Waals surface area contributed by atoms with Gasteiger partial charge in [0.05, 0.1) is 12.3 Å². The summed E-state index contributed by atoms with van der Waals surface area (Å²) in [6.07, 6.45) is 8.66. The summed E-state index contributed by atoms with van der Waals surface area (Å²) in [5.41, 5.74) is 3.90. The fourth-order valence-electron chi connectivity index (χ4n) is 5.39. The van der Waals surface area contributed by atoms with Gasteiger partial charge in [-0.1, -0.05) is 38.8 Å². The number of ether oxygens (including phenoxy) is 1. The van der Waals surface area contributed by atoms with Gasteiger partial charge in [0, 0.05) is 41.5 Å². The minimum atomic E-state index is -0.0889. The molecule has 1 aromatic heterocycles. The maximum atomic E-state index is 13.3. The van der Waals surface area contributed by atoms with E-state index in [-0.39, 0.29) is 5.91 Å². The Hall–Kier alpha value is -1.72. The third-order valence-electron chi connectivity index (χ3n) is 7.94. The van der Waals surface area contributed by atoms with Crippen molar-refractivity contribution in [1.29, 1.82) is 0 Å². The molecule has 2 unspecified atom stereocenters. The van der Waals surface area contributed by atoms with Crippen molar-refractivity contribution in [3.63, 3.8) is 0 Å². The van der Waals surface area contributed by atoms with Crippen LogP contribution in [-0.4, -0.2) is 34.7 Å². The zero-order valence-electron chi connectivity index (χ0n) is 21.3. The van der Waals surface area contributed by atoms with Crippen molar-refractivity contribution in [3.8, 4) is 17.0 Å². The number of unbranched alkanes of at least 4 members (excludes halogenated alkanes) is 2. The van der Waals surface area contributed by atoms with Gasteiger partial charge >= 0.3 is 0 Å². The van der Waals surface area contributed by atoms with Crippen LogP contribution in [-0.2, 0) is 13.0 Å². The summed E-state index contributed by atoms with van der Waals surface area (Å²) in [4.78, 5) is 13.3. The van der Waals surface area contributed by atoms with Gasteiger partial charge in [0.1, 0.15) is 5.75 Å². The van der Waals surface area contributed by atoms with E-state index in [4.69, 9.17) is 33.0 Å². The Labute approximate surface area is 219 Å². The smallest absolute Gasteiger partial charge is 0.272 e. The number of halogens is 2. The molecule has 2 aromatic rings. The highest BCUT2D eigenvalue weighted by Crippen LogP contribution is 2.48. The highest BCUT2D eigenvalue weighted by Gasteiger charge is 2.37. The summed E-state index contributed by atoms with van der Waals surface area (Å²) in [7, 11) is 0. The molecular weight excluding hydrogens is 481 g/mol. The molecule has 1 N–H and O–H groups in total. The Bertz CT molecular complexity index is 1030. The fraction of sp³-hybridized carbons (Fsp3) is 0.643. The molecule has 192 valence electrons. The number of nitrogens with zero attached hydrogens (tertiary/aromatic N) is 2. The Morgan fingerprint density at radius 3 is 2.86 bits per heavy atom. The number of aryl methyl sites for hydroxylation is 1. The van der Waals surface area contributed by atoms with E-state index < -0.39 is 0 Å². The average molecular weight is 521 g/mol. The first-order valence-electron chi connectivity index (χ1n) is 13.2. The fourth-order valence-corrected chi connectivity index (χ4v) is 5.74. The largest absolute Gasteiger partial charge is 0.492 e. The zero-order chi connectivity index (χ0) is 25.0. The maximum absolute atomic E-state index is 13.3. The lowest BCUT2D eigenvalue weighted by atomic mass is 9.61. The van der Waals surface area contributed by atoms with Crippen LogP contribution in [0.3, 0.4) is 0 Å². The second-order valence-electron chi connectivity index (χ2n) is 11.0. The minimum absolute atomic E-state index is 0.0889. The topological polar surface area (TPSA) is 56.2 Å². The Morgan fingerprint density at radius 1 is 1.31 bits per heavy atom. The SMILES string of the molecule is CC(CCC1CCC1(C)C)CNC(=O)c1nn(CCCCCCl)c2c1CCOc1cc(Cl)ccc1-2. The van der Waals surface area contributed by atoms with Crippen molar-refractivity contribution in [2.75, 3.05) is 19.0 Å². The van der Waals surface area contributed by atoms with Gasteiger partial charge in [0.15, 0.2) is 5.69 Å². The molecule has 1 saturated carbocycles. The van der Waals surface area contributed by atoms with Crippen LogP contribution in [0.5, 0.6) is 5.75 Å². The molecule has 7 heteroatoms. The summed E-state index contributed by atoms with van der Waals surface area (Å²) >= 11 is 12.1. The number of hydrogen-bond acceptors (Lipinski definition) is 3. The Balaban J connectivity index is 1.49. The van der Waals surface area contributed by atoms with E-state index in [1.54, 1.807) is 0 Å². The van der Waals surface area contributed by atoms with Crippen LogP contribution in [0.25, 0.3) is 11.3 Å². The Morgan fingerprint density at radius 2 is 2.14 bits per heavy atom. The van der Waals surface area contributed by atoms with E-state index in [1.165, 1.54) is 19.3 Å². The van der Waals surface area contributed by atoms with Gasteiger partial charge in [-0.2, -0.15) is 5.10 Å². The molecule has 0 spiro atoms. The van der Waals surface area contributed by atoms with Crippen LogP contribution in [0.2, 0.25) is 5.02 Å². The van der Waals surface area contributed by atoms with E-state index in [1.807, 2.05) is 22.9 Å². The lowest BCUT2D eigenvalue weighted by Gasteiger charge is -2.45. The number of aromatic nitrogens is 2. The minimum Gasteiger partial charge on any atom is -0.492 e. The third-order valence-corrected chi connectivity index (χ3v) is 8.44. The molecule has 0 saturated heterocycles. The average Bonchev–Trinajstić information content (AvgIpc) is 3.07. The number of fused-ring (bicyclic) bond motifs is 3. The molecule has 1 aliphatic carbocycles. The maximum Gasteiger partial charge on any atom is 0.272 e. The standard InChI is InChI=1S/C28H39Cl2N3O2/c1-19(7-8-20-11-13-28(20,2)3)18-31-27(34)25-23-12-16-35-24-17-21(30)9-10-22(24)26(23)33(32-25)15-6-4-5-14-29/h9-10,17,19-20H,4-8,11-16,18H2,1-3H3,(H,31,34). The summed E-state index contributed by atoms with van der Waals surface area (Å²) in [5.74, 6) is 2.58. The van der Waals surface area contributed by atoms with Crippen LogP contribution in [0, 0.1) is 17.3 Å². The molecule has 4 rings (SSSR count). The first kappa shape index (κ1) is 26.3. The number of benzene rings is 1. The summed E-state index contributed by atoms with van der Waals surface area (Å²) in [5, 5.41) is 8.64. The van der Waals surface area contributed by atoms with Crippen LogP contribution >= 0.6 is 23.2 Å². The summed E-state index contributed by atoms with van der Waals surface area (Å²) < 4.78 is 8.00. The third kappa shape index (κ3) is 6.17. The van der Waals surface area contributed by atoms with Crippen molar-refractivity contribution < 1.29 is 9.53 Å². The second kappa shape index (κ2) is 11.6. The van der Waals surface area contributed by atoms with Crippen molar-refractivity contribution >= 4 is 29.1 Å². The number of rotatable bonds is 11. The summed E-state index contributed by atoms with van der Waals surface area (Å²) in [6, 6.07) is 5.70. The molecule has 1 aliphatic heterocycles. The molecule has 1 aromatic carbocycles. The van der Waals surface area contributed by atoms with Crippen LogP contribution in [0.15, 0.2) is 18.2 Å². The van der Waals surface area contributed by atoms with E-state index in [0.29, 0.717) is 47.5 Å². The molecule has 35 heavy (non-hydrogen) atoms. The Kier molecular flexibility index (Phi) is 8.70. The lowest BCUT2D eigenvalue weighted by Crippen LogP contribution is -2.35. The molecule has 0 radical (unpaired) electrons. The van der Waals surface area contributed by atoms with Crippen molar-refractivity contribution in [1.82, 2.24) is 15.1 Å². The van der Waals surface area contributed by atoms with E-state index in [0.717, 1.165) is 60.7 Å². The van der Waals surface area contributed by atoms with Gasteiger partial charge in [-0.15, -0.1) is 11.6 Å². The van der Waals surface area contributed by atoms with Gasteiger partial charge in [0.25, 0.3) is 5.91 Å². The van der Waals surface area contributed by atoms with Crippen molar-refractivity contribution in [2.24, 2.45) is 17.3 Å². The molecule has 2 aliphatic rings. The van der Waals surface area contributed by atoms with Gasteiger partial charge in [0.2, 0.25) is 0 Å². The monoisotopic (exact) mass is 519 g/mol. The van der Waals surface area contributed by atoms with Gasteiger partial charge in [-0.25, -0.2) is 0 Å². The number of amides is 1. The van der Waals surface area contributed by atoms with Crippen molar-refractivity contribution in [2.45, 2.75) is 78.7 Å². The first-order chi connectivity index (χ1) is 16.8. The molecule has 5 nitrogen and oxygen atoms in total. The zero-order valence-corrected chi connectivity index (χ0v) is 22.9. The number of hydrogen-bond donors (Lipinski definition) is 1.